The summed E-state index contributed by atoms with van der Waals surface area (Å²) in [6.07, 6.45) is 5.24. The molecule has 5 aromatic rings. The molecule has 10 heteroatoms. The second-order valence-corrected chi connectivity index (χ2v) is 10.8. The Hall–Kier alpha value is -3.39. The van der Waals surface area contributed by atoms with E-state index in [4.69, 9.17) is 16.7 Å². The SMILES string of the molecule is Cn1ccnc1Sc1ccc(Nc2c(C#N)cnc3cc(-c4ccc(CNCCO)s4)ccc23)cc1Cl. The quantitative estimate of drug-likeness (QED) is 0.189. The highest BCUT2D eigenvalue weighted by molar-refractivity contribution is 7.99. The zero-order chi connectivity index (χ0) is 25.8. The number of anilines is 2. The average molecular weight is 547 g/mol. The van der Waals surface area contributed by atoms with Crippen LogP contribution < -0.4 is 10.6 Å². The third kappa shape index (κ3) is 5.64. The summed E-state index contributed by atoms with van der Waals surface area (Å²) in [5.41, 5.74) is 3.78. The molecule has 7 nitrogen and oxygen atoms in total. The van der Waals surface area contributed by atoms with E-state index in [1.165, 1.54) is 16.6 Å². The number of nitriles is 1. The van der Waals surface area contributed by atoms with Gasteiger partial charge in [0.15, 0.2) is 5.16 Å². The van der Waals surface area contributed by atoms with E-state index in [0.29, 0.717) is 22.8 Å². The van der Waals surface area contributed by atoms with Crippen molar-refractivity contribution in [3.05, 3.63) is 82.6 Å². The summed E-state index contributed by atoms with van der Waals surface area (Å²) in [7, 11) is 1.94. The Kier molecular flexibility index (Phi) is 7.74. The minimum Gasteiger partial charge on any atom is -0.395 e. The Morgan fingerprint density at radius 2 is 2.05 bits per heavy atom. The first-order valence-electron chi connectivity index (χ1n) is 11.5. The molecule has 3 aromatic heterocycles. The van der Waals surface area contributed by atoms with Gasteiger partial charge in [-0.1, -0.05) is 35.5 Å². The number of pyridine rings is 1. The number of thiophene rings is 1. The van der Waals surface area contributed by atoms with Crippen molar-refractivity contribution in [2.75, 3.05) is 18.5 Å². The van der Waals surface area contributed by atoms with Gasteiger partial charge in [-0.3, -0.25) is 4.98 Å². The van der Waals surface area contributed by atoms with E-state index in [2.05, 4.69) is 38.8 Å². The monoisotopic (exact) mass is 546 g/mol. The van der Waals surface area contributed by atoms with Crippen LogP contribution in [0.4, 0.5) is 11.4 Å². The molecule has 0 bridgehead atoms. The molecule has 0 amide bonds. The molecule has 0 aliphatic rings. The van der Waals surface area contributed by atoms with E-state index in [0.717, 1.165) is 43.6 Å². The highest BCUT2D eigenvalue weighted by atomic mass is 35.5. The molecule has 186 valence electrons. The largest absolute Gasteiger partial charge is 0.395 e. The molecule has 0 saturated carbocycles. The number of rotatable bonds is 9. The Morgan fingerprint density at radius 1 is 1.16 bits per heavy atom. The maximum absolute atomic E-state index is 9.76. The van der Waals surface area contributed by atoms with Crippen LogP contribution in [-0.4, -0.2) is 32.8 Å². The molecule has 0 fully saturated rings. The smallest absolute Gasteiger partial charge is 0.172 e. The topological polar surface area (TPSA) is 98.8 Å². The van der Waals surface area contributed by atoms with Crippen LogP contribution in [0.5, 0.6) is 0 Å². The number of aliphatic hydroxyl groups excluding tert-OH is 1. The molecule has 3 heterocycles. The van der Waals surface area contributed by atoms with E-state index < -0.39 is 0 Å². The van der Waals surface area contributed by atoms with Gasteiger partial charge in [0.25, 0.3) is 0 Å². The van der Waals surface area contributed by atoms with Gasteiger partial charge in [0.05, 0.1) is 28.4 Å². The van der Waals surface area contributed by atoms with E-state index in [-0.39, 0.29) is 6.61 Å². The first-order chi connectivity index (χ1) is 18.1. The molecular weight excluding hydrogens is 524 g/mol. The van der Waals surface area contributed by atoms with Gasteiger partial charge in [0.2, 0.25) is 0 Å². The van der Waals surface area contributed by atoms with E-state index in [1.54, 1.807) is 23.7 Å². The lowest BCUT2D eigenvalue weighted by Gasteiger charge is -2.13. The number of benzene rings is 2. The normalized spacial score (nSPS) is 11.1. The Morgan fingerprint density at radius 3 is 2.81 bits per heavy atom. The minimum atomic E-state index is 0.121. The number of hydrogen-bond donors (Lipinski definition) is 3. The van der Waals surface area contributed by atoms with Crippen molar-refractivity contribution in [1.82, 2.24) is 19.9 Å². The van der Waals surface area contributed by atoms with E-state index >= 15 is 0 Å². The Balaban J connectivity index is 1.42. The highest BCUT2D eigenvalue weighted by Crippen LogP contribution is 2.37. The van der Waals surface area contributed by atoms with Gasteiger partial charge < -0.3 is 20.3 Å². The lowest BCUT2D eigenvalue weighted by atomic mass is 10.1. The van der Waals surface area contributed by atoms with Crippen molar-refractivity contribution >= 4 is 57.0 Å². The van der Waals surface area contributed by atoms with Gasteiger partial charge in [0, 0.05) is 64.5 Å². The van der Waals surface area contributed by atoms with Gasteiger partial charge in [-0.05, 0) is 42.0 Å². The molecule has 3 N–H and O–H groups in total. The Labute approximate surface area is 227 Å². The average Bonchev–Trinajstić information content (AvgIpc) is 3.54. The molecule has 0 aliphatic heterocycles. The predicted molar refractivity (Wildman–Crippen MR) is 151 cm³/mol. The molecule has 2 aromatic carbocycles. The number of aromatic nitrogens is 3. The molecule has 0 atom stereocenters. The summed E-state index contributed by atoms with van der Waals surface area (Å²) >= 11 is 9.79. The first kappa shape index (κ1) is 25.3. The lowest BCUT2D eigenvalue weighted by molar-refractivity contribution is 0.292. The van der Waals surface area contributed by atoms with Crippen molar-refractivity contribution in [2.45, 2.75) is 16.6 Å². The standard InChI is InChI=1S/C27H23ClN6OS2/c1-34-10-8-31-27(34)37-25-6-3-19(13-22(25)28)33-26-18(14-29)15-32-23-12-17(2-5-21(23)26)24-7-4-20(36-24)16-30-9-11-35/h2-8,10,12-13,15,30,35H,9,11,16H2,1H3,(H,32,33). The number of fused-ring (bicyclic) bond motifs is 1. The minimum absolute atomic E-state index is 0.121. The summed E-state index contributed by atoms with van der Waals surface area (Å²) in [5.74, 6) is 0. The fraction of sp³-hybridized carbons (Fsp3) is 0.148. The van der Waals surface area contributed by atoms with Gasteiger partial charge in [-0.25, -0.2) is 4.98 Å². The van der Waals surface area contributed by atoms with Crippen LogP contribution in [-0.2, 0) is 13.6 Å². The third-order valence-electron chi connectivity index (χ3n) is 5.70. The zero-order valence-electron chi connectivity index (χ0n) is 19.9. The summed E-state index contributed by atoms with van der Waals surface area (Å²) in [4.78, 5) is 12.1. The van der Waals surface area contributed by atoms with Crippen LogP contribution in [0.3, 0.4) is 0 Å². The van der Waals surface area contributed by atoms with Crippen molar-refractivity contribution in [3.8, 4) is 16.5 Å². The predicted octanol–water partition coefficient (Wildman–Crippen LogP) is 6.20. The fourth-order valence-corrected chi connectivity index (χ4v) is 5.92. The molecule has 0 spiro atoms. The zero-order valence-corrected chi connectivity index (χ0v) is 22.3. The number of aryl methyl sites for hydroxylation is 1. The molecular formula is C27H23ClN6OS2. The van der Waals surface area contributed by atoms with Gasteiger partial charge in [0.1, 0.15) is 6.07 Å². The van der Waals surface area contributed by atoms with Crippen LogP contribution >= 0.6 is 34.7 Å². The second kappa shape index (κ2) is 11.3. The molecule has 37 heavy (non-hydrogen) atoms. The molecule has 0 aliphatic carbocycles. The van der Waals surface area contributed by atoms with E-state index in [1.807, 2.05) is 54.2 Å². The number of imidazole rings is 1. The van der Waals surface area contributed by atoms with Crippen molar-refractivity contribution in [2.24, 2.45) is 7.05 Å². The second-order valence-electron chi connectivity index (χ2n) is 8.25. The number of nitrogens with one attached hydrogen (secondary N) is 2. The van der Waals surface area contributed by atoms with Crippen LogP contribution in [0, 0.1) is 11.3 Å². The van der Waals surface area contributed by atoms with Crippen LogP contribution in [0.2, 0.25) is 5.02 Å². The highest BCUT2D eigenvalue weighted by Gasteiger charge is 2.13. The van der Waals surface area contributed by atoms with Crippen molar-refractivity contribution in [3.63, 3.8) is 0 Å². The first-order valence-corrected chi connectivity index (χ1v) is 13.5. The lowest BCUT2D eigenvalue weighted by Crippen LogP contribution is -2.16. The fourth-order valence-electron chi connectivity index (χ4n) is 3.84. The van der Waals surface area contributed by atoms with Crippen molar-refractivity contribution < 1.29 is 5.11 Å². The summed E-state index contributed by atoms with van der Waals surface area (Å²) in [6.45, 7) is 1.41. The summed E-state index contributed by atoms with van der Waals surface area (Å²) in [6, 6.07) is 18.3. The summed E-state index contributed by atoms with van der Waals surface area (Å²) < 4.78 is 1.94. The van der Waals surface area contributed by atoms with Gasteiger partial charge in [-0.2, -0.15) is 5.26 Å². The number of nitrogens with zero attached hydrogens (tertiary/aromatic N) is 4. The third-order valence-corrected chi connectivity index (χ3v) is 8.41. The van der Waals surface area contributed by atoms with Gasteiger partial charge in [-0.15, -0.1) is 11.3 Å². The number of aliphatic hydroxyl groups is 1. The van der Waals surface area contributed by atoms with Crippen LogP contribution in [0.25, 0.3) is 21.3 Å². The molecule has 0 unspecified atom stereocenters. The van der Waals surface area contributed by atoms with Gasteiger partial charge >= 0.3 is 0 Å². The Bertz CT molecular complexity index is 1610. The van der Waals surface area contributed by atoms with Crippen LogP contribution in [0.1, 0.15) is 10.4 Å². The molecule has 5 rings (SSSR count). The van der Waals surface area contributed by atoms with Crippen LogP contribution in [0.15, 0.2) is 77.2 Å². The van der Waals surface area contributed by atoms with Crippen molar-refractivity contribution in [1.29, 1.82) is 5.26 Å². The number of halogens is 1. The molecule has 0 saturated heterocycles. The maximum atomic E-state index is 9.76. The van der Waals surface area contributed by atoms with E-state index in [9.17, 15) is 5.26 Å². The maximum Gasteiger partial charge on any atom is 0.172 e. The summed E-state index contributed by atoms with van der Waals surface area (Å²) in [5, 5.41) is 27.6. The molecule has 0 radical (unpaired) electrons. The number of hydrogen-bond acceptors (Lipinski definition) is 8.